The number of ether oxygens (including phenoxy) is 1. The van der Waals surface area contributed by atoms with Crippen molar-refractivity contribution in [3.05, 3.63) is 22.7 Å². The maximum absolute atomic E-state index is 11.0. The van der Waals surface area contributed by atoms with E-state index >= 15 is 0 Å². The Labute approximate surface area is 102 Å². The van der Waals surface area contributed by atoms with Gasteiger partial charge in [-0.15, -0.1) is 6.42 Å². The molecule has 0 fully saturated rings. The van der Waals surface area contributed by atoms with Gasteiger partial charge in [0.1, 0.15) is 11.3 Å². The molecule has 1 aromatic rings. The quantitative estimate of drug-likeness (QED) is 0.803. The monoisotopic (exact) mass is 253 g/mol. The van der Waals surface area contributed by atoms with Gasteiger partial charge in [0.15, 0.2) is 0 Å². The van der Waals surface area contributed by atoms with E-state index in [2.05, 4.69) is 5.32 Å². The Balaban J connectivity index is 3.23. The Kier molecular flexibility index (Phi) is 3.96. The third kappa shape index (κ3) is 2.89. The van der Waals surface area contributed by atoms with Crippen molar-refractivity contribution in [3.63, 3.8) is 0 Å². The average Bonchev–Trinajstić information content (AvgIpc) is 2.30. The minimum absolute atomic E-state index is 0.0619. The molecular weight excluding hydrogens is 246 g/mol. The number of hydrogen-bond donors (Lipinski definition) is 2. The minimum Gasteiger partial charge on any atom is -0.496 e. The largest absolute Gasteiger partial charge is 0.496 e. The Bertz CT molecular complexity index is 519. The number of terminal acetylenes is 1. The van der Waals surface area contributed by atoms with Gasteiger partial charge >= 0.3 is 5.97 Å². The number of carboxylic acid groups (broad SMARTS) is 1. The number of halogens is 1. The maximum atomic E-state index is 11.0. The van der Waals surface area contributed by atoms with E-state index in [0.717, 1.165) is 0 Å². The summed E-state index contributed by atoms with van der Waals surface area (Å²) in [5.74, 6) is 0.0625. The molecule has 2 N–H and O–H groups in total. The van der Waals surface area contributed by atoms with Crippen molar-refractivity contribution >= 4 is 29.2 Å². The summed E-state index contributed by atoms with van der Waals surface area (Å²) in [5.41, 5.74) is 0.0904. The van der Waals surface area contributed by atoms with E-state index in [-0.39, 0.29) is 22.0 Å². The number of carbonyl (C=O) groups excluding carboxylic acids is 1. The average molecular weight is 254 g/mol. The topological polar surface area (TPSA) is 75.6 Å². The van der Waals surface area contributed by atoms with Crippen LogP contribution in [-0.4, -0.2) is 24.1 Å². The summed E-state index contributed by atoms with van der Waals surface area (Å²) < 4.78 is 4.88. The molecule has 5 nitrogen and oxygen atoms in total. The molecule has 0 bridgehead atoms. The van der Waals surface area contributed by atoms with Crippen molar-refractivity contribution in [2.45, 2.75) is 0 Å². The van der Waals surface area contributed by atoms with Crippen LogP contribution in [0.3, 0.4) is 0 Å². The molecule has 1 amide bonds. The summed E-state index contributed by atoms with van der Waals surface area (Å²) in [7, 11) is 1.31. The van der Waals surface area contributed by atoms with Gasteiger partial charge in [0.25, 0.3) is 5.91 Å². The molecule has 0 aliphatic rings. The van der Waals surface area contributed by atoms with E-state index in [0.29, 0.717) is 0 Å². The van der Waals surface area contributed by atoms with Crippen LogP contribution in [0.5, 0.6) is 5.75 Å². The Morgan fingerprint density at radius 1 is 1.53 bits per heavy atom. The first-order valence-electron chi connectivity index (χ1n) is 4.38. The fourth-order valence-corrected chi connectivity index (χ4v) is 1.35. The number of nitrogens with one attached hydrogen (secondary N) is 1. The van der Waals surface area contributed by atoms with E-state index in [1.807, 2.05) is 5.92 Å². The number of methoxy groups -OCH3 is 1. The molecule has 0 atom stereocenters. The Hall–Kier alpha value is -2.19. The van der Waals surface area contributed by atoms with Crippen molar-refractivity contribution < 1.29 is 19.4 Å². The van der Waals surface area contributed by atoms with E-state index < -0.39 is 11.9 Å². The van der Waals surface area contributed by atoms with Crippen LogP contribution in [0.4, 0.5) is 5.69 Å². The molecule has 17 heavy (non-hydrogen) atoms. The summed E-state index contributed by atoms with van der Waals surface area (Å²) in [6.45, 7) is 0. The molecule has 0 aliphatic carbocycles. The number of benzene rings is 1. The standard InChI is InChI=1S/C11H8ClNO4/c1-3-10(14)13-8-5-9(17-2)6(11(15)16)4-7(8)12/h1,4-5H,2H3,(H,13,14)(H,15,16). The lowest BCUT2D eigenvalue weighted by Gasteiger charge is -2.09. The summed E-state index contributed by atoms with van der Waals surface area (Å²) in [6.07, 6.45) is 4.89. The molecule has 0 unspecified atom stereocenters. The van der Waals surface area contributed by atoms with Crippen molar-refractivity contribution in [1.29, 1.82) is 0 Å². The van der Waals surface area contributed by atoms with Gasteiger partial charge in [-0.1, -0.05) is 11.6 Å². The summed E-state index contributed by atoms with van der Waals surface area (Å²) in [6, 6.07) is 2.47. The zero-order valence-corrected chi connectivity index (χ0v) is 9.54. The molecule has 1 aromatic carbocycles. The van der Waals surface area contributed by atoms with Crippen LogP contribution in [0.1, 0.15) is 10.4 Å². The highest BCUT2D eigenvalue weighted by atomic mass is 35.5. The highest BCUT2D eigenvalue weighted by Gasteiger charge is 2.15. The van der Waals surface area contributed by atoms with E-state index in [4.69, 9.17) is 27.9 Å². The molecule has 0 aliphatic heterocycles. The van der Waals surface area contributed by atoms with Crippen molar-refractivity contribution in [3.8, 4) is 18.1 Å². The van der Waals surface area contributed by atoms with E-state index in [9.17, 15) is 9.59 Å². The van der Waals surface area contributed by atoms with Crippen LogP contribution in [-0.2, 0) is 4.79 Å². The van der Waals surface area contributed by atoms with Crippen molar-refractivity contribution in [1.82, 2.24) is 0 Å². The summed E-state index contributed by atoms with van der Waals surface area (Å²) >= 11 is 5.80. The fraction of sp³-hybridized carbons (Fsp3) is 0.0909. The number of carbonyl (C=O) groups is 2. The molecule has 0 aromatic heterocycles. The number of rotatable bonds is 3. The van der Waals surface area contributed by atoms with Crippen LogP contribution < -0.4 is 10.1 Å². The third-order valence-corrected chi connectivity index (χ3v) is 2.21. The molecule has 0 heterocycles. The van der Waals surface area contributed by atoms with Crippen molar-refractivity contribution in [2.75, 3.05) is 12.4 Å². The molecule has 6 heteroatoms. The van der Waals surface area contributed by atoms with Gasteiger partial charge in [-0.2, -0.15) is 0 Å². The number of aromatic carboxylic acids is 1. The molecule has 0 spiro atoms. The van der Waals surface area contributed by atoms with Crippen LogP contribution in [0.15, 0.2) is 12.1 Å². The Morgan fingerprint density at radius 2 is 2.18 bits per heavy atom. The second-order valence-electron chi connectivity index (χ2n) is 2.94. The van der Waals surface area contributed by atoms with E-state index in [1.165, 1.54) is 19.2 Å². The lowest BCUT2D eigenvalue weighted by molar-refractivity contribution is -0.111. The minimum atomic E-state index is -1.18. The fourth-order valence-electron chi connectivity index (χ4n) is 1.14. The van der Waals surface area contributed by atoms with Gasteiger partial charge in [-0.3, -0.25) is 4.79 Å². The summed E-state index contributed by atoms with van der Waals surface area (Å²) in [5, 5.41) is 11.3. The number of hydrogen-bond acceptors (Lipinski definition) is 3. The van der Waals surface area contributed by atoms with Gasteiger partial charge in [0.05, 0.1) is 17.8 Å². The molecule has 0 saturated heterocycles. The van der Waals surface area contributed by atoms with Crippen LogP contribution in [0.2, 0.25) is 5.02 Å². The zero-order valence-electron chi connectivity index (χ0n) is 8.78. The van der Waals surface area contributed by atoms with Gasteiger partial charge in [-0.25, -0.2) is 4.79 Å². The first kappa shape index (κ1) is 12.9. The smallest absolute Gasteiger partial charge is 0.339 e. The Morgan fingerprint density at radius 3 is 2.65 bits per heavy atom. The van der Waals surface area contributed by atoms with Gasteiger partial charge in [0, 0.05) is 6.07 Å². The number of amides is 1. The van der Waals surface area contributed by atoms with Crippen LogP contribution >= 0.6 is 11.6 Å². The SMILES string of the molecule is C#CC(=O)Nc1cc(OC)c(C(=O)O)cc1Cl. The second kappa shape index (κ2) is 5.23. The maximum Gasteiger partial charge on any atom is 0.339 e. The van der Waals surface area contributed by atoms with Crippen LogP contribution in [0.25, 0.3) is 0 Å². The predicted octanol–water partition coefficient (Wildman–Crippen LogP) is 1.62. The summed E-state index contributed by atoms with van der Waals surface area (Å²) in [4.78, 5) is 21.9. The third-order valence-electron chi connectivity index (χ3n) is 1.90. The molecule has 0 saturated carbocycles. The molecule has 88 valence electrons. The molecular formula is C11H8ClNO4. The highest BCUT2D eigenvalue weighted by Crippen LogP contribution is 2.30. The molecule has 1 rings (SSSR count). The van der Waals surface area contributed by atoms with Gasteiger partial charge in [-0.05, 0) is 12.0 Å². The highest BCUT2D eigenvalue weighted by molar-refractivity contribution is 6.34. The predicted molar refractivity (Wildman–Crippen MR) is 62.4 cm³/mol. The second-order valence-corrected chi connectivity index (χ2v) is 3.34. The van der Waals surface area contributed by atoms with Crippen molar-refractivity contribution in [2.24, 2.45) is 0 Å². The zero-order chi connectivity index (χ0) is 13.0. The van der Waals surface area contributed by atoms with Crippen LogP contribution in [0, 0.1) is 12.3 Å². The lowest BCUT2D eigenvalue weighted by atomic mass is 10.2. The normalized spacial score (nSPS) is 9.24. The van der Waals surface area contributed by atoms with Gasteiger partial charge < -0.3 is 15.2 Å². The number of carboxylic acids is 1. The van der Waals surface area contributed by atoms with E-state index in [1.54, 1.807) is 0 Å². The number of anilines is 1. The first-order chi connectivity index (χ1) is 7.99. The first-order valence-corrected chi connectivity index (χ1v) is 4.75. The van der Waals surface area contributed by atoms with Gasteiger partial charge in [0.2, 0.25) is 0 Å². The lowest BCUT2D eigenvalue weighted by Crippen LogP contribution is -2.10. The molecule has 0 radical (unpaired) electrons.